The van der Waals surface area contributed by atoms with Crippen LogP contribution in [0.3, 0.4) is 0 Å². The quantitative estimate of drug-likeness (QED) is 0.0603. The van der Waals surface area contributed by atoms with Crippen LogP contribution in [0.2, 0.25) is 0 Å². The third-order valence-electron chi connectivity index (χ3n) is 8.97. The normalized spacial score (nSPS) is 36.4. The third kappa shape index (κ3) is 9.72. The van der Waals surface area contributed by atoms with E-state index in [4.69, 9.17) is 33.2 Å². The second-order valence-electron chi connectivity index (χ2n) is 12.8. The highest BCUT2D eigenvalue weighted by molar-refractivity contribution is 5.87. The largest absolute Gasteiger partial charge is 0.504 e. The van der Waals surface area contributed by atoms with Gasteiger partial charge in [-0.05, 0) is 54.8 Å². The van der Waals surface area contributed by atoms with Gasteiger partial charge in [0, 0.05) is 6.08 Å². The number of hydrogen-bond donors (Lipinski definition) is 11. The summed E-state index contributed by atoms with van der Waals surface area (Å²) >= 11 is 0. The summed E-state index contributed by atoms with van der Waals surface area (Å²) < 4.78 is 40.1. The van der Waals surface area contributed by atoms with Gasteiger partial charge in [0.2, 0.25) is 0 Å². The number of aliphatic hydroxyl groups is 7. The maximum Gasteiger partial charge on any atom is 0.331 e. The highest BCUT2D eigenvalue weighted by atomic mass is 16.8. The van der Waals surface area contributed by atoms with Crippen molar-refractivity contribution in [1.29, 1.82) is 0 Å². The number of esters is 1. The Bertz CT molecular complexity index is 1560. The second-order valence-corrected chi connectivity index (χ2v) is 12.8. The van der Waals surface area contributed by atoms with E-state index in [1.54, 1.807) is 0 Å². The number of aromatic hydroxyl groups is 4. The predicted octanol–water partition coefficient (Wildman–Crippen LogP) is -2.55. The van der Waals surface area contributed by atoms with Crippen LogP contribution in [0.1, 0.15) is 18.1 Å². The summed E-state index contributed by atoms with van der Waals surface area (Å²) in [6.07, 6.45) is -20.0. The van der Waals surface area contributed by atoms with Gasteiger partial charge in [-0.1, -0.05) is 12.1 Å². The van der Waals surface area contributed by atoms with Crippen molar-refractivity contribution in [2.24, 2.45) is 0 Å². The number of phenolic OH excluding ortho intramolecular Hbond substituents is 4. The number of phenols is 4. The molecule has 3 heterocycles. The number of aliphatic hydroxyl groups excluding tert-OH is 7. The molecule has 3 fully saturated rings. The van der Waals surface area contributed by atoms with E-state index in [9.17, 15) is 61.0 Å². The van der Waals surface area contributed by atoms with Crippen molar-refractivity contribution in [2.45, 2.75) is 99.4 Å². The summed E-state index contributed by atoms with van der Waals surface area (Å²) in [6.45, 7) is 0.237. The lowest BCUT2D eigenvalue weighted by atomic mass is 9.96. The summed E-state index contributed by atoms with van der Waals surface area (Å²) in [7, 11) is 0. The maximum atomic E-state index is 13.2. The average Bonchev–Trinajstić information content (AvgIpc) is 3.13. The Hall–Kier alpha value is -3.67. The fourth-order valence-electron chi connectivity index (χ4n) is 5.86. The van der Waals surface area contributed by atoms with Crippen LogP contribution in [0.5, 0.6) is 23.0 Å². The highest BCUT2D eigenvalue weighted by Gasteiger charge is 2.53. The molecule has 53 heavy (non-hydrogen) atoms. The summed E-state index contributed by atoms with van der Waals surface area (Å²) in [5.74, 6) is -2.62. The molecule has 0 bridgehead atoms. The average molecular weight is 757 g/mol. The van der Waals surface area contributed by atoms with Gasteiger partial charge < -0.3 is 89.3 Å². The molecular weight excluding hydrogens is 712 g/mol. The molecule has 0 spiro atoms. The van der Waals surface area contributed by atoms with Crippen molar-refractivity contribution < 1.29 is 94.1 Å². The SMILES string of the molecule is C[C@@H]1OC(O[C@@H]2[C@@H](O)[C@H](OCCc3ccc(O)c(O)c3)O[C@H](CO[C@@H]3OC[C@@H](O)[C@H](O)[C@H]3O)[C@H]2OC(=O)/C=C/c2ccc(O)c(O)c2)[C@H](O)[C@H](O)[C@H]1O. The molecule has 2 aromatic rings. The van der Waals surface area contributed by atoms with Gasteiger partial charge in [-0.25, -0.2) is 4.79 Å². The molecule has 0 aromatic heterocycles. The van der Waals surface area contributed by atoms with Crippen LogP contribution in [-0.2, 0) is 44.4 Å². The van der Waals surface area contributed by atoms with E-state index < -0.39 is 117 Å². The first-order valence-electron chi connectivity index (χ1n) is 16.6. The molecule has 14 atom stereocenters. The zero-order valence-corrected chi connectivity index (χ0v) is 28.2. The molecule has 0 amide bonds. The topological polar surface area (TPSA) is 304 Å². The Labute approximate surface area is 302 Å². The minimum Gasteiger partial charge on any atom is -0.504 e. The van der Waals surface area contributed by atoms with Gasteiger partial charge in [0.05, 0.1) is 25.9 Å². The summed E-state index contributed by atoms with van der Waals surface area (Å²) in [6, 6.07) is 7.83. The fourth-order valence-corrected chi connectivity index (χ4v) is 5.86. The third-order valence-corrected chi connectivity index (χ3v) is 8.97. The molecule has 19 nitrogen and oxygen atoms in total. The lowest BCUT2D eigenvalue weighted by molar-refractivity contribution is -0.362. The number of rotatable bonds is 12. The summed E-state index contributed by atoms with van der Waals surface area (Å²) in [5.41, 5.74) is 0.813. The van der Waals surface area contributed by atoms with Gasteiger partial charge in [0.25, 0.3) is 0 Å². The van der Waals surface area contributed by atoms with E-state index in [1.165, 1.54) is 49.4 Å². The Morgan fingerprint density at radius 1 is 0.736 bits per heavy atom. The van der Waals surface area contributed by atoms with E-state index in [2.05, 4.69) is 0 Å². The summed E-state index contributed by atoms with van der Waals surface area (Å²) in [5, 5.41) is 112. The van der Waals surface area contributed by atoms with E-state index >= 15 is 0 Å². The Morgan fingerprint density at radius 3 is 2.11 bits per heavy atom. The molecule has 3 aliphatic heterocycles. The lowest BCUT2D eigenvalue weighted by Crippen LogP contribution is -2.65. The van der Waals surface area contributed by atoms with Crippen molar-refractivity contribution in [3.63, 3.8) is 0 Å². The zero-order chi connectivity index (χ0) is 38.6. The molecule has 5 rings (SSSR count). The number of hydrogen-bond acceptors (Lipinski definition) is 19. The van der Waals surface area contributed by atoms with Gasteiger partial charge in [-0.2, -0.15) is 0 Å². The van der Waals surface area contributed by atoms with Crippen molar-refractivity contribution in [3.05, 3.63) is 53.6 Å². The molecule has 11 N–H and O–H groups in total. The predicted molar refractivity (Wildman–Crippen MR) is 174 cm³/mol. The Kier molecular flexibility index (Phi) is 13.5. The van der Waals surface area contributed by atoms with Crippen LogP contribution in [-0.4, -0.2) is 168 Å². The second kappa shape index (κ2) is 17.6. The minimum absolute atomic E-state index is 0.136. The van der Waals surface area contributed by atoms with Crippen molar-refractivity contribution in [1.82, 2.24) is 0 Å². The zero-order valence-electron chi connectivity index (χ0n) is 28.2. The van der Waals surface area contributed by atoms with Crippen LogP contribution in [0, 0.1) is 0 Å². The van der Waals surface area contributed by atoms with Gasteiger partial charge in [0.15, 0.2) is 48.0 Å². The highest BCUT2D eigenvalue weighted by Crippen LogP contribution is 2.33. The molecule has 0 radical (unpaired) electrons. The van der Waals surface area contributed by atoms with Crippen molar-refractivity contribution in [2.75, 3.05) is 19.8 Å². The molecule has 3 aliphatic rings. The number of benzene rings is 2. The smallest absolute Gasteiger partial charge is 0.331 e. The Balaban J connectivity index is 1.42. The fraction of sp³-hybridized carbons (Fsp3) is 0.559. The molecule has 19 heteroatoms. The standard InChI is InChI=1S/C34H44O19/c1-14-24(41)26(43)28(45)34(50-14)53-31-29(46)33(47-9-8-16-3-6-18(36)20(38)11-16)51-22(13-49-32-27(44)25(42)21(39)12-48-32)30(31)52-23(40)7-4-15-2-5-17(35)19(37)10-15/h2-7,10-11,14,21-22,24-39,41-46H,8-9,12-13H2,1H3/b7-4+/t14-,21+,22+,24-,25-,26+,27+,28+,29+,30+,31+,32-,33+,34?/m0/s1. The first-order valence-corrected chi connectivity index (χ1v) is 16.6. The van der Waals surface area contributed by atoms with Gasteiger partial charge in [-0.3, -0.25) is 0 Å². The lowest BCUT2D eigenvalue weighted by Gasteiger charge is -2.47. The first-order chi connectivity index (χ1) is 25.1. The van der Waals surface area contributed by atoms with Crippen LogP contribution < -0.4 is 0 Å². The summed E-state index contributed by atoms with van der Waals surface area (Å²) in [4.78, 5) is 13.2. The van der Waals surface area contributed by atoms with Crippen molar-refractivity contribution in [3.8, 4) is 23.0 Å². The maximum absolute atomic E-state index is 13.2. The number of carbonyl (C=O) groups is 1. The van der Waals surface area contributed by atoms with E-state index in [0.29, 0.717) is 5.56 Å². The number of ether oxygens (including phenoxy) is 7. The van der Waals surface area contributed by atoms with Crippen molar-refractivity contribution >= 4 is 12.0 Å². The van der Waals surface area contributed by atoms with E-state index in [1.807, 2.05) is 0 Å². The molecule has 0 aliphatic carbocycles. The first kappa shape index (κ1) is 40.5. The van der Waals surface area contributed by atoms with E-state index in [0.717, 1.165) is 6.08 Å². The van der Waals surface area contributed by atoms with Crippen LogP contribution in [0.15, 0.2) is 42.5 Å². The van der Waals surface area contributed by atoms with Crippen LogP contribution in [0.25, 0.3) is 6.08 Å². The molecule has 2 aromatic carbocycles. The van der Waals surface area contributed by atoms with Crippen LogP contribution in [0.4, 0.5) is 0 Å². The molecular formula is C34H44O19. The van der Waals surface area contributed by atoms with Crippen LogP contribution >= 0.6 is 0 Å². The van der Waals surface area contributed by atoms with Gasteiger partial charge in [-0.15, -0.1) is 0 Å². The molecule has 1 unspecified atom stereocenters. The molecule has 294 valence electrons. The van der Waals surface area contributed by atoms with Gasteiger partial charge in [0.1, 0.15) is 54.9 Å². The molecule has 0 saturated carbocycles. The van der Waals surface area contributed by atoms with E-state index in [-0.39, 0.29) is 30.1 Å². The van der Waals surface area contributed by atoms with Gasteiger partial charge >= 0.3 is 5.97 Å². The Morgan fingerprint density at radius 2 is 1.42 bits per heavy atom. The number of carbonyl (C=O) groups excluding carboxylic acids is 1. The molecule has 3 saturated heterocycles. The minimum atomic E-state index is -1.86. The monoisotopic (exact) mass is 756 g/mol.